The molecular formula is C25H28N2O5. The fourth-order valence-corrected chi connectivity index (χ4v) is 4.74. The normalized spacial score (nSPS) is 19.8. The van der Waals surface area contributed by atoms with Crippen LogP contribution in [0.2, 0.25) is 0 Å². The summed E-state index contributed by atoms with van der Waals surface area (Å²) < 4.78 is 5.57. The van der Waals surface area contributed by atoms with Gasteiger partial charge in [0, 0.05) is 24.4 Å². The predicted molar refractivity (Wildman–Crippen MR) is 119 cm³/mol. The second-order valence-electron chi connectivity index (χ2n) is 8.77. The monoisotopic (exact) mass is 436 g/mol. The van der Waals surface area contributed by atoms with Crippen molar-refractivity contribution >= 4 is 18.0 Å². The third-order valence-electron chi connectivity index (χ3n) is 6.26. The maximum Gasteiger partial charge on any atom is 0.407 e. The molecule has 0 aliphatic heterocycles. The summed E-state index contributed by atoms with van der Waals surface area (Å²) in [5, 5.41) is 14.4. The molecule has 1 unspecified atom stereocenters. The van der Waals surface area contributed by atoms with Crippen molar-refractivity contribution in [1.29, 1.82) is 0 Å². The Morgan fingerprint density at radius 3 is 2.22 bits per heavy atom. The molecule has 0 bridgehead atoms. The van der Waals surface area contributed by atoms with Crippen LogP contribution in [0.5, 0.6) is 0 Å². The summed E-state index contributed by atoms with van der Waals surface area (Å²) in [5.74, 6) is -0.873. The number of amides is 2. The molecule has 0 saturated heterocycles. The molecule has 3 N–H and O–H groups in total. The van der Waals surface area contributed by atoms with Gasteiger partial charge in [-0.2, -0.15) is 0 Å². The van der Waals surface area contributed by atoms with Gasteiger partial charge in [0.15, 0.2) is 0 Å². The summed E-state index contributed by atoms with van der Waals surface area (Å²) in [6.45, 7) is 1.95. The second-order valence-corrected chi connectivity index (χ2v) is 8.77. The molecule has 0 spiro atoms. The van der Waals surface area contributed by atoms with Gasteiger partial charge in [-0.05, 0) is 47.9 Å². The van der Waals surface area contributed by atoms with Gasteiger partial charge in [-0.15, -0.1) is 0 Å². The van der Waals surface area contributed by atoms with Gasteiger partial charge in [0.2, 0.25) is 5.91 Å². The van der Waals surface area contributed by atoms with Gasteiger partial charge in [-0.3, -0.25) is 9.59 Å². The minimum absolute atomic E-state index is 0.0000985. The number of carbonyl (C=O) groups excluding carboxylic acids is 2. The maximum absolute atomic E-state index is 12.3. The van der Waals surface area contributed by atoms with E-state index in [4.69, 9.17) is 9.84 Å². The van der Waals surface area contributed by atoms with E-state index < -0.39 is 18.1 Å². The number of hydrogen-bond donors (Lipinski definition) is 3. The molecule has 4 rings (SSSR count). The number of alkyl carbamates (subject to hydrolysis) is 1. The molecule has 2 aromatic rings. The summed E-state index contributed by atoms with van der Waals surface area (Å²) in [5.41, 5.74) is 4.73. The number of ether oxygens (including phenoxy) is 1. The lowest BCUT2D eigenvalue weighted by molar-refractivity contribution is -0.137. The second kappa shape index (κ2) is 9.42. The average molecular weight is 437 g/mol. The van der Waals surface area contributed by atoms with Crippen molar-refractivity contribution in [3.8, 4) is 11.1 Å². The smallest absolute Gasteiger partial charge is 0.407 e. The number of aliphatic carboxylic acids is 1. The van der Waals surface area contributed by atoms with Crippen LogP contribution in [0.3, 0.4) is 0 Å². The molecule has 0 radical (unpaired) electrons. The van der Waals surface area contributed by atoms with Crippen molar-refractivity contribution in [2.24, 2.45) is 5.92 Å². The average Bonchev–Trinajstić information content (AvgIpc) is 3.04. The number of nitrogens with one attached hydrogen (secondary N) is 2. The van der Waals surface area contributed by atoms with Crippen molar-refractivity contribution in [3.05, 3.63) is 59.7 Å². The Morgan fingerprint density at radius 1 is 1.03 bits per heavy atom. The number of hydrogen-bond acceptors (Lipinski definition) is 4. The van der Waals surface area contributed by atoms with E-state index in [0.717, 1.165) is 0 Å². The van der Waals surface area contributed by atoms with Gasteiger partial charge in [-0.25, -0.2) is 4.79 Å². The van der Waals surface area contributed by atoms with Crippen molar-refractivity contribution in [1.82, 2.24) is 10.6 Å². The lowest BCUT2D eigenvalue weighted by atomic mass is 9.78. The lowest BCUT2D eigenvalue weighted by Gasteiger charge is -2.35. The highest BCUT2D eigenvalue weighted by Gasteiger charge is 2.33. The number of carbonyl (C=O) groups is 3. The summed E-state index contributed by atoms with van der Waals surface area (Å²) in [7, 11) is 0. The summed E-state index contributed by atoms with van der Waals surface area (Å²) in [6.07, 6.45) is 1.24. The molecule has 0 heterocycles. The zero-order chi connectivity index (χ0) is 22.7. The molecule has 168 valence electrons. The van der Waals surface area contributed by atoms with Gasteiger partial charge in [0.05, 0.1) is 6.42 Å². The third kappa shape index (κ3) is 4.93. The molecule has 1 atom stereocenters. The minimum atomic E-state index is -0.936. The van der Waals surface area contributed by atoms with Crippen LogP contribution in [0, 0.1) is 5.92 Å². The fourth-order valence-electron chi connectivity index (χ4n) is 4.74. The molecule has 1 fully saturated rings. The highest BCUT2D eigenvalue weighted by molar-refractivity contribution is 5.79. The van der Waals surface area contributed by atoms with Gasteiger partial charge in [0.1, 0.15) is 6.61 Å². The molecule has 2 amide bonds. The summed E-state index contributed by atoms with van der Waals surface area (Å²) in [4.78, 5) is 35.0. The van der Waals surface area contributed by atoms with Crippen LogP contribution in [0.1, 0.15) is 49.7 Å². The van der Waals surface area contributed by atoms with Crippen LogP contribution in [-0.2, 0) is 14.3 Å². The molecule has 1 saturated carbocycles. The first-order chi connectivity index (χ1) is 15.4. The zero-order valence-corrected chi connectivity index (χ0v) is 18.0. The minimum Gasteiger partial charge on any atom is -0.481 e. The number of rotatable bonds is 8. The first-order valence-electron chi connectivity index (χ1n) is 11.0. The summed E-state index contributed by atoms with van der Waals surface area (Å²) >= 11 is 0. The fraction of sp³-hybridized carbons (Fsp3) is 0.400. The van der Waals surface area contributed by atoms with E-state index in [-0.39, 0.29) is 36.8 Å². The Labute approximate surface area is 187 Å². The number of carboxylic acids is 1. The first-order valence-corrected chi connectivity index (χ1v) is 11.0. The molecule has 32 heavy (non-hydrogen) atoms. The Morgan fingerprint density at radius 2 is 1.62 bits per heavy atom. The van der Waals surface area contributed by atoms with E-state index in [2.05, 4.69) is 34.9 Å². The van der Waals surface area contributed by atoms with Crippen LogP contribution >= 0.6 is 0 Å². The third-order valence-corrected chi connectivity index (χ3v) is 6.26. The van der Waals surface area contributed by atoms with E-state index >= 15 is 0 Å². The highest BCUT2D eigenvalue weighted by Crippen LogP contribution is 2.44. The van der Waals surface area contributed by atoms with Crippen molar-refractivity contribution in [2.75, 3.05) is 6.61 Å². The largest absolute Gasteiger partial charge is 0.481 e. The Kier molecular flexibility index (Phi) is 6.44. The molecule has 7 heteroatoms. The van der Waals surface area contributed by atoms with Crippen molar-refractivity contribution in [3.63, 3.8) is 0 Å². The molecule has 7 nitrogen and oxygen atoms in total. The molecular weight excluding hydrogens is 408 g/mol. The van der Waals surface area contributed by atoms with Crippen LogP contribution in [0.15, 0.2) is 48.5 Å². The van der Waals surface area contributed by atoms with E-state index in [9.17, 15) is 14.4 Å². The van der Waals surface area contributed by atoms with Crippen LogP contribution < -0.4 is 10.6 Å². The quantitative estimate of drug-likeness (QED) is 0.586. The van der Waals surface area contributed by atoms with E-state index in [0.29, 0.717) is 19.3 Å². The Bertz CT molecular complexity index is 969. The Balaban J connectivity index is 1.21. The zero-order valence-electron chi connectivity index (χ0n) is 18.0. The highest BCUT2D eigenvalue weighted by atomic mass is 16.5. The van der Waals surface area contributed by atoms with Gasteiger partial charge < -0.3 is 20.5 Å². The lowest BCUT2D eigenvalue weighted by Crippen LogP contribution is -2.46. The van der Waals surface area contributed by atoms with Crippen molar-refractivity contribution in [2.45, 2.75) is 50.6 Å². The molecule has 2 aliphatic rings. The van der Waals surface area contributed by atoms with Crippen LogP contribution in [0.4, 0.5) is 4.79 Å². The van der Waals surface area contributed by atoms with Crippen molar-refractivity contribution < 1.29 is 24.2 Å². The number of carboxylic acid groups (broad SMARTS) is 1. The van der Waals surface area contributed by atoms with Crippen LogP contribution in [-0.4, -0.2) is 41.8 Å². The first kappa shape index (κ1) is 21.9. The number of fused-ring (bicyclic) bond motifs is 3. The standard InChI is InChI=1S/C25H28N2O5/c1-15(10-24(29)30)26-23(28)13-16-11-17(12-16)27-25(31)32-14-22-20-8-4-2-6-18(20)19-7-3-5-9-21(19)22/h2-9,15-17,22H,10-14H2,1H3,(H,26,28)(H,27,31)(H,29,30). The summed E-state index contributed by atoms with van der Waals surface area (Å²) in [6, 6.07) is 16.0. The van der Waals surface area contributed by atoms with Crippen LogP contribution in [0.25, 0.3) is 11.1 Å². The Hall–Kier alpha value is -3.35. The predicted octanol–water partition coefficient (Wildman–Crippen LogP) is 3.67. The van der Waals surface area contributed by atoms with Gasteiger partial charge >= 0.3 is 12.1 Å². The maximum atomic E-state index is 12.3. The topological polar surface area (TPSA) is 105 Å². The molecule has 2 aromatic carbocycles. The SMILES string of the molecule is CC(CC(=O)O)NC(=O)CC1CC(NC(=O)OCC2c3ccccc3-c3ccccc32)C1. The van der Waals surface area contributed by atoms with E-state index in [1.54, 1.807) is 6.92 Å². The van der Waals surface area contributed by atoms with Gasteiger partial charge in [-0.1, -0.05) is 48.5 Å². The number of benzene rings is 2. The van der Waals surface area contributed by atoms with E-state index in [1.807, 2.05) is 24.3 Å². The molecule has 2 aliphatic carbocycles. The molecule has 0 aromatic heterocycles. The van der Waals surface area contributed by atoms with E-state index in [1.165, 1.54) is 22.3 Å². The van der Waals surface area contributed by atoms with Gasteiger partial charge in [0.25, 0.3) is 0 Å².